The normalized spacial score (nSPS) is 15.6. The van der Waals surface area contributed by atoms with Gasteiger partial charge in [0.25, 0.3) is 11.8 Å². The SMILES string of the molecule is CC1=NN(c2ccc(C(C)(C)C)cc2)C(=O)/C1=C(/C)NNC(=O)c1ccc(O)c(O)c1. The molecule has 0 radical (unpaired) electrons. The molecule has 2 amide bonds. The fraction of sp³-hybridized carbons (Fsp3) is 0.261. The first-order valence-electron chi connectivity index (χ1n) is 9.79. The third-order valence-electron chi connectivity index (χ3n) is 4.97. The Morgan fingerprint density at radius 1 is 1.00 bits per heavy atom. The van der Waals surface area contributed by atoms with Gasteiger partial charge in [0.1, 0.15) is 0 Å². The van der Waals surface area contributed by atoms with Crippen LogP contribution in [0.15, 0.2) is 58.8 Å². The van der Waals surface area contributed by atoms with Gasteiger partial charge in [0, 0.05) is 11.3 Å². The maximum atomic E-state index is 13.0. The summed E-state index contributed by atoms with van der Waals surface area (Å²) in [6.07, 6.45) is 0. The van der Waals surface area contributed by atoms with Crippen molar-refractivity contribution < 1.29 is 19.8 Å². The lowest BCUT2D eigenvalue weighted by Crippen LogP contribution is -2.37. The molecule has 2 aromatic rings. The second kappa shape index (κ2) is 8.14. The molecule has 0 unspecified atom stereocenters. The molecule has 0 saturated carbocycles. The fourth-order valence-electron chi connectivity index (χ4n) is 3.17. The van der Waals surface area contributed by atoms with E-state index in [-0.39, 0.29) is 22.6 Å². The number of hydrazine groups is 1. The van der Waals surface area contributed by atoms with Gasteiger partial charge in [0.15, 0.2) is 11.5 Å². The number of allylic oxidation sites excluding steroid dienone is 1. The van der Waals surface area contributed by atoms with Crippen LogP contribution in [0.3, 0.4) is 0 Å². The average molecular weight is 422 g/mol. The highest BCUT2D eigenvalue weighted by Crippen LogP contribution is 2.29. The first-order valence-corrected chi connectivity index (χ1v) is 9.79. The minimum atomic E-state index is -0.537. The molecule has 0 saturated heterocycles. The third-order valence-corrected chi connectivity index (χ3v) is 4.97. The maximum absolute atomic E-state index is 13.0. The Morgan fingerprint density at radius 3 is 2.23 bits per heavy atom. The number of carbonyl (C=O) groups is 2. The maximum Gasteiger partial charge on any atom is 0.282 e. The van der Waals surface area contributed by atoms with Gasteiger partial charge in [0.05, 0.1) is 17.0 Å². The number of hydrogen-bond acceptors (Lipinski definition) is 6. The molecule has 1 aliphatic heterocycles. The first kappa shape index (κ1) is 21.9. The number of phenolic OH excluding ortho intramolecular Hbond substituents is 2. The number of nitrogens with zero attached hydrogens (tertiary/aromatic N) is 2. The second-order valence-corrected chi connectivity index (χ2v) is 8.38. The van der Waals surface area contributed by atoms with E-state index in [1.807, 2.05) is 24.3 Å². The standard InChI is InChI=1S/C23H26N4O4/c1-13(24-25-21(30)15-6-11-18(28)19(29)12-15)20-14(2)26-27(22(20)31)17-9-7-16(8-10-17)23(3,4)5/h6-12,24,28-29H,1-5H3,(H,25,30)/b20-13-. The molecule has 1 aliphatic rings. The van der Waals surface area contributed by atoms with Crippen molar-refractivity contribution in [2.45, 2.75) is 40.0 Å². The summed E-state index contributed by atoms with van der Waals surface area (Å²) >= 11 is 0. The predicted molar refractivity (Wildman–Crippen MR) is 119 cm³/mol. The van der Waals surface area contributed by atoms with E-state index < -0.39 is 11.7 Å². The Kier molecular flexibility index (Phi) is 5.75. The van der Waals surface area contributed by atoms with E-state index in [0.29, 0.717) is 22.7 Å². The highest BCUT2D eigenvalue weighted by Gasteiger charge is 2.31. The Hall–Kier alpha value is -3.81. The van der Waals surface area contributed by atoms with Crippen molar-refractivity contribution in [3.8, 4) is 11.5 Å². The van der Waals surface area contributed by atoms with Crippen molar-refractivity contribution >= 4 is 23.2 Å². The van der Waals surface area contributed by atoms with Gasteiger partial charge in [0.2, 0.25) is 0 Å². The van der Waals surface area contributed by atoms with E-state index in [1.165, 1.54) is 17.1 Å². The van der Waals surface area contributed by atoms with E-state index in [0.717, 1.165) is 11.6 Å². The van der Waals surface area contributed by atoms with Gasteiger partial charge in [-0.15, -0.1) is 0 Å². The molecule has 0 spiro atoms. The first-order chi connectivity index (χ1) is 14.5. The molecule has 0 aromatic heterocycles. The summed E-state index contributed by atoms with van der Waals surface area (Å²) in [6, 6.07) is 11.4. The van der Waals surface area contributed by atoms with Crippen LogP contribution >= 0.6 is 0 Å². The topological polar surface area (TPSA) is 114 Å². The monoisotopic (exact) mass is 422 g/mol. The number of aromatic hydroxyl groups is 2. The van der Waals surface area contributed by atoms with Crippen molar-refractivity contribution in [3.63, 3.8) is 0 Å². The summed E-state index contributed by atoms with van der Waals surface area (Å²) in [7, 11) is 0. The average Bonchev–Trinajstić information content (AvgIpc) is 3.01. The van der Waals surface area contributed by atoms with Gasteiger partial charge in [-0.25, -0.2) is 0 Å². The Labute approximate surface area is 180 Å². The fourth-order valence-corrected chi connectivity index (χ4v) is 3.17. The van der Waals surface area contributed by atoms with Crippen LogP contribution in [0.2, 0.25) is 0 Å². The number of hydrazone groups is 1. The van der Waals surface area contributed by atoms with Crippen molar-refractivity contribution in [3.05, 3.63) is 64.9 Å². The molecular weight excluding hydrogens is 396 g/mol. The van der Waals surface area contributed by atoms with Crippen LogP contribution < -0.4 is 15.9 Å². The molecule has 2 aromatic carbocycles. The van der Waals surface area contributed by atoms with E-state index in [2.05, 4.69) is 36.7 Å². The number of amides is 2. The summed E-state index contributed by atoms with van der Waals surface area (Å²) < 4.78 is 0. The second-order valence-electron chi connectivity index (χ2n) is 8.38. The van der Waals surface area contributed by atoms with Gasteiger partial charge >= 0.3 is 0 Å². The minimum absolute atomic E-state index is 0.00476. The molecule has 0 aliphatic carbocycles. The number of benzene rings is 2. The van der Waals surface area contributed by atoms with Crippen LogP contribution in [-0.2, 0) is 10.2 Å². The lowest BCUT2D eigenvalue weighted by molar-refractivity contribution is -0.114. The van der Waals surface area contributed by atoms with E-state index in [1.54, 1.807) is 13.8 Å². The zero-order chi connectivity index (χ0) is 22.9. The van der Waals surface area contributed by atoms with Gasteiger partial charge < -0.3 is 15.6 Å². The number of phenols is 2. The highest BCUT2D eigenvalue weighted by molar-refractivity contribution is 6.30. The zero-order valence-corrected chi connectivity index (χ0v) is 18.1. The van der Waals surface area contributed by atoms with Crippen molar-refractivity contribution in [2.24, 2.45) is 5.10 Å². The van der Waals surface area contributed by atoms with Gasteiger partial charge in [-0.05, 0) is 55.2 Å². The lowest BCUT2D eigenvalue weighted by atomic mass is 9.87. The molecule has 1 heterocycles. The molecular formula is C23H26N4O4. The summed E-state index contributed by atoms with van der Waals surface area (Å²) in [4.78, 5) is 25.3. The van der Waals surface area contributed by atoms with Gasteiger partial charge in [-0.1, -0.05) is 32.9 Å². The van der Waals surface area contributed by atoms with Crippen molar-refractivity contribution in [1.82, 2.24) is 10.9 Å². The Bertz CT molecular complexity index is 1100. The highest BCUT2D eigenvalue weighted by atomic mass is 16.3. The Balaban J connectivity index is 1.75. The quantitative estimate of drug-likeness (QED) is 0.343. The minimum Gasteiger partial charge on any atom is -0.504 e. The summed E-state index contributed by atoms with van der Waals surface area (Å²) in [5.41, 5.74) is 8.46. The molecule has 0 fully saturated rings. The third kappa shape index (κ3) is 4.53. The Morgan fingerprint density at radius 2 is 1.65 bits per heavy atom. The van der Waals surface area contributed by atoms with E-state index in [4.69, 9.17) is 0 Å². The summed E-state index contributed by atoms with van der Waals surface area (Å²) in [5.74, 6) is -1.56. The molecule has 3 rings (SSSR count). The van der Waals surface area contributed by atoms with Crippen LogP contribution in [-0.4, -0.2) is 27.7 Å². The van der Waals surface area contributed by atoms with Gasteiger partial charge in [-0.3, -0.25) is 15.0 Å². The van der Waals surface area contributed by atoms with Crippen LogP contribution in [0, 0.1) is 0 Å². The largest absolute Gasteiger partial charge is 0.504 e. The molecule has 0 atom stereocenters. The van der Waals surface area contributed by atoms with Crippen molar-refractivity contribution in [1.29, 1.82) is 0 Å². The molecule has 31 heavy (non-hydrogen) atoms. The number of hydrogen-bond donors (Lipinski definition) is 4. The number of nitrogens with one attached hydrogen (secondary N) is 2. The number of carbonyl (C=O) groups excluding carboxylic acids is 2. The van der Waals surface area contributed by atoms with Crippen LogP contribution in [0.5, 0.6) is 11.5 Å². The predicted octanol–water partition coefficient (Wildman–Crippen LogP) is 3.33. The molecule has 162 valence electrons. The van der Waals surface area contributed by atoms with Crippen LogP contribution in [0.4, 0.5) is 5.69 Å². The van der Waals surface area contributed by atoms with Crippen molar-refractivity contribution in [2.75, 3.05) is 5.01 Å². The smallest absolute Gasteiger partial charge is 0.282 e. The summed E-state index contributed by atoms with van der Waals surface area (Å²) in [5, 5.41) is 24.6. The molecule has 0 bridgehead atoms. The zero-order valence-electron chi connectivity index (χ0n) is 18.1. The van der Waals surface area contributed by atoms with E-state index in [9.17, 15) is 19.8 Å². The van der Waals surface area contributed by atoms with E-state index >= 15 is 0 Å². The number of rotatable bonds is 4. The van der Waals surface area contributed by atoms with Crippen LogP contribution in [0.25, 0.3) is 0 Å². The number of anilines is 1. The molecule has 8 nitrogen and oxygen atoms in total. The van der Waals surface area contributed by atoms with Gasteiger partial charge in [-0.2, -0.15) is 10.1 Å². The summed E-state index contributed by atoms with van der Waals surface area (Å²) in [6.45, 7) is 9.74. The molecule has 8 heteroatoms. The lowest BCUT2D eigenvalue weighted by Gasteiger charge is -2.20. The molecule has 4 N–H and O–H groups in total. The van der Waals surface area contributed by atoms with Crippen LogP contribution in [0.1, 0.15) is 50.5 Å².